The molecule has 0 aliphatic carbocycles. The Morgan fingerprint density at radius 3 is 2.70 bits per heavy atom. The molecule has 124 valence electrons. The molecule has 0 atom stereocenters. The van der Waals surface area contributed by atoms with Crippen LogP contribution in [0.25, 0.3) is 0 Å². The van der Waals surface area contributed by atoms with Gasteiger partial charge >= 0.3 is 0 Å². The van der Waals surface area contributed by atoms with Crippen LogP contribution in [0.15, 0.2) is 40.7 Å². The smallest absolute Gasteiger partial charge is 0.191 e. The first-order valence-corrected chi connectivity index (χ1v) is 9.19. The summed E-state index contributed by atoms with van der Waals surface area (Å²) in [6, 6.07) is 10.6. The van der Waals surface area contributed by atoms with Gasteiger partial charge < -0.3 is 10.6 Å². The predicted molar refractivity (Wildman–Crippen MR) is 99.1 cm³/mol. The Kier molecular flexibility index (Phi) is 7.60. The van der Waals surface area contributed by atoms with E-state index in [9.17, 15) is 0 Å². The van der Waals surface area contributed by atoms with Crippen molar-refractivity contribution in [2.45, 2.75) is 39.7 Å². The number of hydrogen-bond donors (Lipinski definition) is 2. The van der Waals surface area contributed by atoms with Gasteiger partial charge in [-0.25, -0.2) is 9.98 Å². The fourth-order valence-corrected chi connectivity index (χ4v) is 2.97. The third kappa shape index (κ3) is 6.40. The monoisotopic (exact) mass is 330 g/mol. The predicted octanol–water partition coefficient (Wildman–Crippen LogP) is 3.39. The molecule has 5 heteroatoms. The van der Waals surface area contributed by atoms with Gasteiger partial charge in [0.1, 0.15) is 0 Å². The Balaban J connectivity index is 1.77. The van der Waals surface area contributed by atoms with Crippen molar-refractivity contribution in [3.05, 3.63) is 52.0 Å². The number of thiazole rings is 1. The van der Waals surface area contributed by atoms with E-state index in [1.807, 2.05) is 0 Å². The molecule has 0 saturated carbocycles. The highest BCUT2D eigenvalue weighted by atomic mass is 32.1. The molecule has 1 aromatic heterocycles. The second-order valence-corrected chi connectivity index (χ2v) is 6.24. The van der Waals surface area contributed by atoms with Crippen LogP contribution in [0.4, 0.5) is 0 Å². The first-order valence-electron chi connectivity index (χ1n) is 8.31. The van der Waals surface area contributed by atoms with Crippen LogP contribution in [0.3, 0.4) is 0 Å². The molecule has 2 rings (SSSR count). The van der Waals surface area contributed by atoms with Crippen LogP contribution >= 0.6 is 11.3 Å². The van der Waals surface area contributed by atoms with Crippen LogP contribution in [0.2, 0.25) is 0 Å². The minimum Gasteiger partial charge on any atom is -0.357 e. The quantitative estimate of drug-likeness (QED) is 0.443. The summed E-state index contributed by atoms with van der Waals surface area (Å²) in [7, 11) is 0. The lowest BCUT2D eigenvalue weighted by Gasteiger charge is -2.11. The maximum atomic E-state index is 4.61. The summed E-state index contributed by atoms with van der Waals surface area (Å²) in [5, 5.41) is 9.96. The number of rotatable bonds is 8. The fourth-order valence-electron chi connectivity index (χ4n) is 2.23. The molecule has 0 spiro atoms. The summed E-state index contributed by atoms with van der Waals surface area (Å²) >= 11 is 1.71. The van der Waals surface area contributed by atoms with Crippen LogP contribution in [-0.4, -0.2) is 24.0 Å². The highest BCUT2D eigenvalue weighted by molar-refractivity contribution is 7.09. The summed E-state index contributed by atoms with van der Waals surface area (Å²) in [4.78, 5) is 9.17. The average molecular weight is 331 g/mol. The standard InChI is InChI=1S/C18H26N4S/c1-3-17-22-16(14-23-17)13-21-18(19-4-2)20-12-8-11-15-9-6-5-7-10-15/h5-7,9-10,14H,3-4,8,11-13H2,1-2H3,(H2,19,20,21). The largest absolute Gasteiger partial charge is 0.357 e. The van der Waals surface area contributed by atoms with Crippen molar-refractivity contribution in [3.63, 3.8) is 0 Å². The Labute approximate surface area is 143 Å². The van der Waals surface area contributed by atoms with Gasteiger partial charge in [0.05, 0.1) is 17.2 Å². The summed E-state index contributed by atoms with van der Waals surface area (Å²) < 4.78 is 0. The zero-order valence-corrected chi connectivity index (χ0v) is 14.8. The molecular formula is C18H26N4S. The van der Waals surface area contributed by atoms with Gasteiger partial charge in [-0.3, -0.25) is 0 Å². The molecule has 0 aliphatic rings. The van der Waals surface area contributed by atoms with Crippen molar-refractivity contribution < 1.29 is 0 Å². The lowest BCUT2D eigenvalue weighted by Crippen LogP contribution is -2.37. The average Bonchev–Trinajstić information content (AvgIpc) is 3.05. The van der Waals surface area contributed by atoms with Crippen molar-refractivity contribution >= 4 is 17.3 Å². The first-order chi connectivity index (χ1) is 11.3. The Morgan fingerprint density at radius 2 is 2.00 bits per heavy atom. The van der Waals surface area contributed by atoms with E-state index in [1.54, 1.807) is 11.3 Å². The van der Waals surface area contributed by atoms with E-state index in [4.69, 9.17) is 0 Å². The molecule has 0 aliphatic heterocycles. The fraction of sp³-hybridized carbons (Fsp3) is 0.444. The number of nitrogens with zero attached hydrogens (tertiary/aromatic N) is 2. The molecule has 4 nitrogen and oxygen atoms in total. The minimum atomic E-state index is 0.629. The van der Waals surface area contributed by atoms with Gasteiger partial charge in [-0.1, -0.05) is 37.3 Å². The molecule has 0 radical (unpaired) electrons. The summed E-state index contributed by atoms with van der Waals surface area (Å²) in [5.41, 5.74) is 2.43. The number of nitrogens with one attached hydrogen (secondary N) is 2. The van der Waals surface area contributed by atoms with Crippen LogP contribution in [0.5, 0.6) is 0 Å². The van der Waals surface area contributed by atoms with E-state index >= 15 is 0 Å². The third-order valence-corrected chi connectivity index (χ3v) is 4.46. The number of aliphatic imine (C=N–C) groups is 1. The number of hydrogen-bond acceptors (Lipinski definition) is 3. The zero-order valence-electron chi connectivity index (χ0n) is 14.0. The van der Waals surface area contributed by atoms with Crippen LogP contribution in [-0.2, 0) is 19.4 Å². The third-order valence-electron chi connectivity index (χ3n) is 3.42. The van der Waals surface area contributed by atoms with Crippen molar-refractivity contribution in [2.75, 3.05) is 13.1 Å². The molecule has 1 heterocycles. The van der Waals surface area contributed by atoms with E-state index in [2.05, 4.69) is 70.2 Å². The van der Waals surface area contributed by atoms with E-state index < -0.39 is 0 Å². The normalized spacial score (nSPS) is 11.5. The number of aromatic nitrogens is 1. The Bertz CT molecular complexity index is 592. The topological polar surface area (TPSA) is 49.3 Å². The van der Waals surface area contributed by atoms with Gasteiger partial charge in [-0.15, -0.1) is 11.3 Å². The summed E-state index contributed by atoms with van der Waals surface area (Å²) in [5.74, 6) is 0.867. The van der Waals surface area contributed by atoms with Gasteiger partial charge in [-0.2, -0.15) is 0 Å². The van der Waals surface area contributed by atoms with Gasteiger partial charge in [0.15, 0.2) is 5.96 Å². The van der Waals surface area contributed by atoms with Crippen LogP contribution in [0.1, 0.15) is 36.5 Å². The van der Waals surface area contributed by atoms with Gasteiger partial charge in [-0.05, 0) is 31.7 Å². The van der Waals surface area contributed by atoms with E-state index in [0.717, 1.165) is 44.0 Å². The molecule has 2 N–H and O–H groups in total. The SMILES string of the molecule is CCNC(=NCc1csc(CC)n1)NCCCc1ccccc1. The lowest BCUT2D eigenvalue weighted by molar-refractivity contribution is 0.743. The van der Waals surface area contributed by atoms with Crippen molar-refractivity contribution in [3.8, 4) is 0 Å². The molecule has 1 aromatic carbocycles. The van der Waals surface area contributed by atoms with Gasteiger partial charge in [0.2, 0.25) is 0 Å². The van der Waals surface area contributed by atoms with Crippen molar-refractivity contribution in [1.29, 1.82) is 0 Å². The number of guanidine groups is 1. The molecule has 0 fully saturated rings. The maximum absolute atomic E-state index is 4.61. The maximum Gasteiger partial charge on any atom is 0.191 e. The summed E-state index contributed by atoms with van der Waals surface area (Å²) in [6.07, 6.45) is 3.16. The van der Waals surface area contributed by atoms with E-state index in [0.29, 0.717) is 6.54 Å². The Hall–Kier alpha value is -1.88. The molecule has 2 aromatic rings. The van der Waals surface area contributed by atoms with Gasteiger partial charge in [0, 0.05) is 18.5 Å². The number of benzene rings is 1. The number of aryl methyl sites for hydroxylation is 2. The molecule has 23 heavy (non-hydrogen) atoms. The van der Waals surface area contributed by atoms with Crippen molar-refractivity contribution in [2.24, 2.45) is 4.99 Å². The zero-order chi connectivity index (χ0) is 16.3. The van der Waals surface area contributed by atoms with Crippen LogP contribution < -0.4 is 10.6 Å². The highest BCUT2D eigenvalue weighted by Crippen LogP contribution is 2.10. The highest BCUT2D eigenvalue weighted by Gasteiger charge is 2.01. The molecular weight excluding hydrogens is 304 g/mol. The van der Waals surface area contributed by atoms with E-state index in [1.165, 1.54) is 10.6 Å². The molecule has 0 bridgehead atoms. The van der Waals surface area contributed by atoms with Crippen LogP contribution in [0, 0.1) is 0 Å². The second kappa shape index (κ2) is 10.0. The van der Waals surface area contributed by atoms with Crippen molar-refractivity contribution in [1.82, 2.24) is 15.6 Å². The summed E-state index contributed by atoms with van der Waals surface area (Å²) in [6.45, 7) is 6.62. The minimum absolute atomic E-state index is 0.629. The first kappa shape index (κ1) is 17.5. The van der Waals surface area contributed by atoms with E-state index in [-0.39, 0.29) is 0 Å². The lowest BCUT2D eigenvalue weighted by atomic mass is 10.1. The second-order valence-electron chi connectivity index (χ2n) is 5.30. The Morgan fingerprint density at radius 1 is 1.17 bits per heavy atom. The van der Waals surface area contributed by atoms with Gasteiger partial charge in [0.25, 0.3) is 0 Å². The molecule has 0 saturated heterocycles. The molecule has 0 amide bonds. The molecule has 0 unspecified atom stereocenters.